The maximum absolute atomic E-state index is 13.4. The van der Waals surface area contributed by atoms with Crippen LogP contribution in [0.2, 0.25) is 5.02 Å². The summed E-state index contributed by atoms with van der Waals surface area (Å²) >= 11 is 5.87. The van der Waals surface area contributed by atoms with Gasteiger partial charge in [-0.3, -0.25) is 4.90 Å². The van der Waals surface area contributed by atoms with E-state index < -0.39 is 5.82 Å². The quantitative estimate of drug-likeness (QED) is 0.510. The predicted octanol–water partition coefficient (Wildman–Crippen LogP) is 3.60. The van der Waals surface area contributed by atoms with Gasteiger partial charge in [0.1, 0.15) is 18.0 Å². The highest BCUT2D eigenvalue weighted by atomic mass is 35.5. The molecule has 3 heterocycles. The van der Waals surface area contributed by atoms with E-state index >= 15 is 0 Å². The first-order valence-corrected chi connectivity index (χ1v) is 10.5. The first-order valence-electron chi connectivity index (χ1n) is 10.1. The van der Waals surface area contributed by atoms with Gasteiger partial charge in [0.15, 0.2) is 0 Å². The van der Waals surface area contributed by atoms with E-state index in [-0.39, 0.29) is 5.02 Å². The minimum absolute atomic E-state index is 0.0320. The Kier molecular flexibility index (Phi) is 7.18. The summed E-state index contributed by atoms with van der Waals surface area (Å²) in [6.45, 7) is 5.25. The van der Waals surface area contributed by atoms with Crippen molar-refractivity contribution in [2.24, 2.45) is 0 Å². The lowest BCUT2D eigenvalue weighted by Gasteiger charge is -2.26. The third-order valence-electron chi connectivity index (χ3n) is 4.88. The Bertz CT molecular complexity index is 1000. The van der Waals surface area contributed by atoms with Crippen LogP contribution in [0.4, 0.5) is 21.8 Å². The van der Waals surface area contributed by atoms with Crippen LogP contribution in [0.3, 0.4) is 0 Å². The van der Waals surface area contributed by atoms with Crippen LogP contribution in [0.5, 0.6) is 0 Å². The Morgan fingerprint density at radius 2 is 1.94 bits per heavy atom. The molecular weight excluding hydrogens is 421 g/mol. The Morgan fingerprint density at radius 3 is 2.71 bits per heavy atom. The molecule has 2 N–H and O–H groups in total. The minimum Gasteiger partial charge on any atom is -0.379 e. The van der Waals surface area contributed by atoms with Crippen molar-refractivity contribution in [1.82, 2.24) is 24.8 Å². The fraction of sp³-hybridized carbons (Fsp3) is 0.333. The molecule has 1 aliphatic rings. The standard InChI is InChI=1S/C21H23ClFN7O/c22-18-10-16(2-3-19(18)23)28-21-27-13-17(15-11-24-14-25-12-15)20(29-21)26-4-1-5-30-6-8-31-9-7-30/h2-3,10-14H,1,4-9H2,(H2,26,27,28,29). The lowest BCUT2D eigenvalue weighted by molar-refractivity contribution is 0.0378. The zero-order chi connectivity index (χ0) is 21.5. The van der Waals surface area contributed by atoms with Crippen LogP contribution >= 0.6 is 11.6 Å². The zero-order valence-corrected chi connectivity index (χ0v) is 17.6. The molecule has 0 saturated carbocycles. The third-order valence-corrected chi connectivity index (χ3v) is 5.17. The number of halogens is 2. The number of aromatic nitrogens is 4. The maximum atomic E-state index is 13.4. The summed E-state index contributed by atoms with van der Waals surface area (Å²) in [5, 5.41) is 6.51. The van der Waals surface area contributed by atoms with Crippen LogP contribution in [-0.2, 0) is 4.74 Å². The molecule has 162 valence electrons. The highest BCUT2D eigenvalue weighted by Gasteiger charge is 2.12. The van der Waals surface area contributed by atoms with Gasteiger partial charge in [-0.2, -0.15) is 4.98 Å². The number of benzene rings is 1. The van der Waals surface area contributed by atoms with E-state index in [9.17, 15) is 4.39 Å². The monoisotopic (exact) mass is 443 g/mol. The van der Waals surface area contributed by atoms with E-state index in [2.05, 4.69) is 35.5 Å². The van der Waals surface area contributed by atoms with Crippen molar-refractivity contribution >= 4 is 29.1 Å². The summed E-state index contributed by atoms with van der Waals surface area (Å²) in [4.78, 5) is 19.6. The van der Waals surface area contributed by atoms with E-state index in [1.54, 1.807) is 24.7 Å². The second-order valence-corrected chi connectivity index (χ2v) is 7.48. The topological polar surface area (TPSA) is 88.1 Å². The Balaban J connectivity index is 1.48. The Labute approximate surface area is 184 Å². The number of nitrogens with one attached hydrogen (secondary N) is 2. The van der Waals surface area contributed by atoms with Gasteiger partial charge in [-0.25, -0.2) is 19.3 Å². The number of hydrogen-bond acceptors (Lipinski definition) is 8. The second kappa shape index (κ2) is 10.4. The van der Waals surface area contributed by atoms with Crippen LogP contribution < -0.4 is 10.6 Å². The molecule has 4 rings (SSSR count). The van der Waals surface area contributed by atoms with Gasteiger partial charge in [-0.15, -0.1) is 0 Å². The molecule has 0 aliphatic carbocycles. The number of morpholine rings is 1. The summed E-state index contributed by atoms with van der Waals surface area (Å²) in [6, 6.07) is 4.37. The molecule has 1 aromatic carbocycles. The average molecular weight is 444 g/mol. The zero-order valence-electron chi connectivity index (χ0n) is 16.9. The molecule has 0 amide bonds. The van der Waals surface area contributed by atoms with Crippen molar-refractivity contribution in [2.45, 2.75) is 6.42 Å². The highest BCUT2D eigenvalue weighted by molar-refractivity contribution is 6.31. The molecule has 31 heavy (non-hydrogen) atoms. The fourth-order valence-corrected chi connectivity index (χ4v) is 3.44. The molecule has 2 aromatic heterocycles. The molecule has 0 radical (unpaired) electrons. The fourth-order valence-electron chi connectivity index (χ4n) is 3.26. The molecule has 1 saturated heterocycles. The maximum Gasteiger partial charge on any atom is 0.229 e. The summed E-state index contributed by atoms with van der Waals surface area (Å²) in [5.41, 5.74) is 2.21. The van der Waals surface area contributed by atoms with Crippen LogP contribution in [0, 0.1) is 5.82 Å². The summed E-state index contributed by atoms with van der Waals surface area (Å²) in [7, 11) is 0. The Morgan fingerprint density at radius 1 is 1.13 bits per heavy atom. The smallest absolute Gasteiger partial charge is 0.229 e. The van der Waals surface area contributed by atoms with E-state index in [0.29, 0.717) is 17.5 Å². The summed E-state index contributed by atoms with van der Waals surface area (Å²) in [5.74, 6) is 0.566. The van der Waals surface area contributed by atoms with Crippen molar-refractivity contribution in [3.63, 3.8) is 0 Å². The van der Waals surface area contributed by atoms with Crippen molar-refractivity contribution < 1.29 is 9.13 Å². The van der Waals surface area contributed by atoms with Crippen LogP contribution in [0.1, 0.15) is 6.42 Å². The van der Waals surface area contributed by atoms with Gasteiger partial charge in [0.2, 0.25) is 5.95 Å². The number of ether oxygens (including phenoxy) is 1. The van der Waals surface area contributed by atoms with Gasteiger partial charge in [0.05, 0.1) is 18.2 Å². The van der Waals surface area contributed by atoms with Gasteiger partial charge in [0, 0.05) is 55.0 Å². The molecule has 1 aliphatic heterocycles. The van der Waals surface area contributed by atoms with Crippen molar-refractivity contribution in [1.29, 1.82) is 0 Å². The van der Waals surface area contributed by atoms with E-state index in [4.69, 9.17) is 16.3 Å². The number of nitrogens with zero attached hydrogens (tertiary/aromatic N) is 5. The number of rotatable bonds is 8. The van der Waals surface area contributed by atoms with Gasteiger partial charge < -0.3 is 15.4 Å². The van der Waals surface area contributed by atoms with Gasteiger partial charge in [-0.05, 0) is 31.2 Å². The van der Waals surface area contributed by atoms with Crippen molar-refractivity contribution in [3.05, 3.63) is 54.0 Å². The number of hydrogen-bond donors (Lipinski definition) is 2. The molecule has 0 bridgehead atoms. The normalized spacial score (nSPS) is 14.4. The Hall–Kier alpha value is -2.88. The van der Waals surface area contributed by atoms with Gasteiger partial charge >= 0.3 is 0 Å². The van der Waals surface area contributed by atoms with Crippen LogP contribution in [-0.4, -0.2) is 64.2 Å². The predicted molar refractivity (Wildman–Crippen MR) is 118 cm³/mol. The van der Waals surface area contributed by atoms with Crippen molar-refractivity contribution in [2.75, 3.05) is 50.0 Å². The molecule has 8 nitrogen and oxygen atoms in total. The number of anilines is 3. The first-order chi connectivity index (χ1) is 15.2. The molecule has 0 unspecified atom stereocenters. The SMILES string of the molecule is Fc1ccc(Nc2ncc(-c3cncnc3)c(NCCCN3CCOCC3)n2)cc1Cl. The van der Waals surface area contributed by atoms with Crippen molar-refractivity contribution in [3.8, 4) is 11.1 Å². The lowest BCUT2D eigenvalue weighted by Crippen LogP contribution is -2.37. The summed E-state index contributed by atoms with van der Waals surface area (Å²) < 4.78 is 18.8. The lowest BCUT2D eigenvalue weighted by atomic mass is 10.1. The largest absolute Gasteiger partial charge is 0.379 e. The average Bonchev–Trinajstić information content (AvgIpc) is 2.81. The molecule has 0 spiro atoms. The van der Waals surface area contributed by atoms with E-state index in [1.165, 1.54) is 18.5 Å². The van der Waals surface area contributed by atoms with Gasteiger partial charge in [0.25, 0.3) is 0 Å². The van der Waals surface area contributed by atoms with Crippen LogP contribution in [0.15, 0.2) is 43.1 Å². The summed E-state index contributed by atoms with van der Waals surface area (Å²) in [6.07, 6.45) is 7.59. The molecular formula is C21H23ClFN7O. The molecule has 10 heteroatoms. The third kappa shape index (κ3) is 5.84. The van der Waals surface area contributed by atoms with E-state index in [1.807, 2.05) is 0 Å². The minimum atomic E-state index is -0.477. The molecule has 3 aromatic rings. The van der Waals surface area contributed by atoms with Gasteiger partial charge in [-0.1, -0.05) is 11.6 Å². The van der Waals surface area contributed by atoms with Crippen LogP contribution in [0.25, 0.3) is 11.1 Å². The molecule has 0 atom stereocenters. The second-order valence-electron chi connectivity index (χ2n) is 7.07. The molecule has 1 fully saturated rings. The van der Waals surface area contributed by atoms with E-state index in [0.717, 1.165) is 56.9 Å². The highest BCUT2D eigenvalue weighted by Crippen LogP contribution is 2.27. The first kappa shape index (κ1) is 21.4.